The molecular formula is C26H30N2O6. The number of carbonyl (C=O) groups is 4. The van der Waals surface area contributed by atoms with Gasteiger partial charge >= 0.3 is 11.9 Å². The highest BCUT2D eigenvalue weighted by Gasteiger charge is 2.29. The van der Waals surface area contributed by atoms with Crippen LogP contribution in [0.4, 0.5) is 0 Å². The summed E-state index contributed by atoms with van der Waals surface area (Å²) in [5.41, 5.74) is -0.314. The molecule has 2 aromatic carbocycles. The molecule has 0 radical (unpaired) electrons. The fourth-order valence-electron chi connectivity index (χ4n) is 5.43. The number of amides is 2. The Hall–Kier alpha value is -3.42. The van der Waals surface area contributed by atoms with Gasteiger partial charge in [0.1, 0.15) is 0 Å². The summed E-state index contributed by atoms with van der Waals surface area (Å²) in [5.74, 6) is -2.56. The van der Waals surface area contributed by atoms with Crippen LogP contribution in [0, 0.1) is 11.8 Å². The molecule has 4 atom stereocenters. The Morgan fingerprint density at radius 2 is 1.00 bits per heavy atom. The second-order valence-corrected chi connectivity index (χ2v) is 9.86. The molecule has 0 spiro atoms. The Balaban J connectivity index is 1.83. The lowest BCUT2D eigenvalue weighted by Gasteiger charge is -2.18. The van der Waals surface area contributed by atoms with E-state index < -0.39 is 23.8 Å². The summed E-state index contributed by atoms with van der Waals surface area (Å²) in [6.45, 7) is 4.23. The van der Waals surface area contributed by atoms with Crippen LogP contribution < -0.4 is 10.6 Å². The molecule has 0 aromatic heterocycles. The number of benzene rings is 2. The molecule has 2 fully saturated rings. The molecule has 0 heterocycles. The fourth-order valence-corrected chi connectivity index (χ4v) is 5.43. The van der Waals surface area contributed by atoms with E-state index in [4.69, 9.17) is 0 Å². The minimum absolute atomic E-state index is 0.0246. The van der Waals surface area contributed by atoms with Gasteiger partial charge in [0.05, 0.1) is 11.1 Å². The number of nitrogens with one attached hydrogen (secondary N) is 2. The third-order valence-corrected chi connectivity index (χ3v) is 7.17. The normalized spacial score (nSPS) is 24.2. The largest absolute Gasteiger partial charge is 0.478 e. The van der Waals surface area contributed by atoms with Crippen LogP contribution in [0.25, 0.3) is 10.8 Å². The molecule has 8 nitrogen and oxygen atoms in total. The summed E-state index contributed by atoms with van der Waals surface area (Å²) < 4.78 is 0. The summed E-state index contributed by atoms with van der Waals surface area (Å²) in [5, 5.41) is 25.6. The van der Waals surface area contributed by atoms with Gasteiger partial charge < -0.3 is 20.8 Å². The van der Waals surface area contributed by atoms with Gasteiger partial charge in [-0.25, -0.2) is 9.59 Å². The van der Waals surface area contributed by atoms with Crippen molar-refractivity contribution in [3.05, 3.63) is 46.5 Å². The Bertz CT molecular complexity index is 1080. The lowest BCUT2D eigenvalue weighted by molar-refractivity contribution is 0.0686. The zero-order chi connectivity index (χ0) is 24.6. The average Bonchev–Trinajstić information content (AvgIpc) is 3.38. The fraction of sp³-hybridized carbons (Fsp3) is 0.462. The molecule has 0 saturated heterocycles. The summed E-state index contributed by atoms with van der Waals surface area (Å²) in [6.07, 6.45) is 5.31. The zero-order valence-corrected chi connectivity index (χ0v) is 19.4. The van der Waals surface area contributed by atoms with E-state index in [1.165, 1.54) is 24.3 Å². The number of aromatic carboxylic acids is 2. The van der Waals surface area contributed by atoms with E-state index in [1.807, 2.05) is 0 Å². The van der Waals surface area contributed by atoms with Gasteiger partial charge in [-0.1, -0.05) is 13.8 Å². The van der Waals surface area contributed by atoms with Crippen LogP contribution in [0.1, 0.15) is 93.8 Å². The molecule has 2 aromatic rings. The van der Waals surface area contributed by atoms with Crippen molar-refractivity contribution < 1.29 is 29.4 Å². The van der Waals surface area contributed by atoms with E-state index in [0.717, 1.165) is 38.5 Å². The van der Waals surface area contributed by atoms with Gasteiger partial charge in [-0.3, -0.25) is 9.59 Å². The molecule has 4 N–H and O–H groups in total. The van der Waals surface area contributed by atoms with E-state index >= 15 is 0 Å². The predicted octanol–water partition coefficient (Wildman–Crippen LogP) is 4.07. The van der Waals surface area contributed by atoms with Crippen LogP contribution in [0.2, 0.25) is 0 Å². The van der Waals surface area contributed by atoms with Gasteiger partial charge in [0.15, 0.2) is 0 Å². The predicted molar refractivity (Wildman–Crippen MR) is 126 cm³/mol. The van der Waals surface area contributed by atoms with Gasteiger partial charge in [0.25, 0.3) is 11.8 Å². The maximum Gasteiger partial charge on any atom is 0.336 e. The average molecular weight is 467 g/mol. The first-order valence-corrected chi connectivity index (χ1v) is 11.8. The molecule has 4 rings (SSSR count). The number of rotatable bonds is 6. The molecule has 2 aliphatic rings. The molecule has 8 heteroatoms. The van der Waals surface area contributed by atoms with E-state index in [-0.39, 0.29) is 45.1 Å². The first-order chi connectivity index (χ1) is 16.2. The molecule has 180 valence electrons. The maximum absolute atomic E-state index is 13.2. The van der Waals surface area contributed by atoms with Crippen molar-refractivity contribution in [2.45, 2.75) is 64.5 Å². The first-order valence-electron chi connectivity index (χ1n) is 11.8. The van der Waals surface area contributed by atoms with Crippen LogP contribution >= 0.6 is 0 Å². The summed E-state index contributed by atoms with van der Waals surface area (Å²) in [6, 6.07) is 5.17. The van der Waals surface area contributed by atoms with Gasteiger partial charge in [-0.2, -0.15) is 0 Å². The lowest BCUT2D eigenvalue weighted by Crippen LogP contribution is -2.34. The number of carboxylic acid groups (broad SMARTS) is 2. The Kier molecular flexibility index (Phi) is 6.59. The molecule has 2 saturated carbocycles. The Morgan fingerprint density at radius 3 is 1.29 bits per heavy atom. The summed E-state index contributed by atoms with van der Waals surface area (Å²) >= 11 is 0. The highest BCUT2D eigenvalue weighted by Crippen LogP contribution is 2.32. The highest BCUT2D eigenvalue weighted by atomic mass is 16.4. The van der Waals surface area contributed by atoms with Crippen molar-refractivity contribution in [3.63, 3.8) is 0 Å². The number of hydrogen-bond donors (Lipinski definition) is 4. The topological polar surface area (TPSA) is 133 Å². The van der Waals surface area contributed by atoms with Crippen LogP contribution in [0.3, 0.4) is 0 Å². The Morgan fingerprint density at radius 1 is 0.647 bits per heavy atom. The van der Waals surface area contributed by atoms with Crippen LogP contribution in [-0.2, 0) is 0 Å². The van der Waals surface area contributed by atoms with E-state index in [9.17, 15) is 29.4 Å². The summed E-state index contributed by atoms with van der Waals surface area (Å²) in [4.78, 5) is 50.6. The summed E-state index contributed by atoms with van der Waals surface area (Å²) in [7, 11) is 0. The number of carbonyl (C=O) groups excluding carboxylic acids is 2. The van der Waals surface area contributed by atoms with E-state index in [1.54, 1.807) is 0 Å². The zero-order valence-electron chi connectivity index (χ0n) is 19.4. The minimum atomic E-state index is -1.30. The third kappa shape index (κ3) is 4.62. The number of fused-ring (bicyclic) bond motifs is 1. The third-order valence-electron chi connectivity index (χ3n) is 7.17. The lowest BCUT2D eigenvalue weighted by atomic mass is 9.90. The monoisotopic (exact) mass is 466 g/mol. The Labute approximate surface area is 197 Å². The van der Waals surface area contributed by atoms with Gasteiger partial charge in [-0.05, 0) is 74.6 Å². The molecule has 2 aliphatic carbocycles. The smallest absolute Gasteiger partial charge is 0.336 e. The highest BCUT2D eigenvalue weighted by molar-refractivity contribution is 6.23. The van der Waals surface area contributed by atoms with Crippen LogP contribution in [0.15, 0.2) is 24.3 Å². The molecule has 4 unspecified atom stereocenters. The van der Waals surface area contributed by atoms with Crippen molar-refractivity contribution in [1.82, 2.24) is 10.6 Å². The van der Waals surface area contributed by atoms with Gasteiger partial charge in [0, 0.05) is 34.0 Å². The van der Waals surface area contributed by atoms with E-state index in [0.29, 0.717) is 11.8 Å². The van der Waals surface area contributed by atoms with Crippen molar-refractivity contribution in [2.75, 3.05) is 0 Å². The minimum Gasteiger partial charge on any atom is -0.478 e. The second-order valence-electron chi connectivity index (χ2n) is 9.86. The van der Waals surface area contributed by atoms with Gasteiger partial charge in [0.2, 0.25) is 0 Å². The maximum atomic E-state index is 13.2. The second kappa shape index (κ2) is 9.44. The quantitative estimate of drug-likeness (QED) is 0.507. The number of carboxylic acids is 2. The molecular weight excluding hydrogens is 436 g/mol. The van der Waals surface area contributed by atoms with Crippen molar-refractivity contribution in [3.8, 4) is 0 Å². The number of hydrogen-bond acceptors (Lipinski definition) is 4. The first kappa shape index (κ1) is 23.7. The van der Waals surface area contributed by atoms with E-state index in [2.05, 4.69) is 24.5 Å². The molecule has 2 amide bonds. The van der Waals surface area contributed by atoms with Crippen molar-refractivity contribution in [2.24, 2.45) is 11.8 Å². The van der Waals surface area contributed by atoms with Crippen molar-refractivity contribution >= 4 is 34.5 Å². The van der Waals surface area contributed by atoms with Gasteiger partial charge in [-0.15, -0.1) is 0 Å². The SMILES string of the molecule is CC1CCC(NC(=O)c2ccc(C(=O)O)c3c(C(=O)NC4CCC(C)C4)ccc(C(=O)O)c23)C1. The molecule has 0 aliphatic heterocycles. The van der Waals surface area contributed by atoms with Crippen LogP contribution in [-0.4, -0.2) is 46.0 Å². The van der Waals surface area contributed by atoms with Crippen molar-refractivity contribution in [1.29, 1.82) is 0 Å². The molecule has 34 heavy (non-hydrogen) atoms. The van der Waals surface area contributed by atoms with Crippen LogP contribution in [0.5, 0.6) is 0 Å². The standard InChI is InChI=1S/C26H30N2O6/c1-13-3-5-15(11-13)27-23(29)17-7-9-20(26(33)34)22-18(8-10-19(21(17)22)25(31)32)24(30)28-16-6-4-14(2)12-16/h7-10,13-16H,3-6,11-12H2,1-2H3,(H,27,29)(H,28,30)(H,31,32)(H,33,34). The molecule has 0 bridgehead atoms.